The first-order chi connectivity index (χ1) is 16.3. The largest absolute Gasteiger partial charge is 0.330 e. The zero-order valence-electron chi connectivity index (χ0n) is 18.6. The molecule has 0 aliphatic carbocycles. The van der Waals surface area contributed by atoms with Gasteiger partial charge >= 0.3 is 0 Å². The Bertz CT molecular complexity index is 1440. The summed E-state index contributed by atoms with van der Waals surface area (Å²) in [5.74, 6) is 2.23. The molecule has 168 valence electrons. The first-order valence-electron chi connectivity index (χ1n) is 11.3. The van der Waals surface area contributed by atoms with Crippen LogP contribution in [0.2, 0.25) is 0 Å². The quantitative estimate of drug-likeness (QED) is 0.235. The molecule has 5 rings (SSSR count). The summed E-state index contributed by atoms with van der Waals surface area (Å²) >= 11 is 1.59. The van der Waals surface area contributed by atoms with Crippen molar-refractivity contribution in [3.63, 3.8) is 0 Å². The maximum atomic E-state index is 13.2. The fourth-order valence-corrected chi connectivity index (χ4v) is 4.99. The molecule has 2 aromatic carbocycles. The second kappa shape index (κ2) is 9.62. The van der Waals surface area contributed by atoms with Crippen LogP contribution in [-0.4, -0.2) is 28.7 Å². The highest BCUT2D eigenvalue weighted by Crippen LogP contribution is 2.24. The molecule has 33 heavy (non-hydrogen) atoms. The Morgan fingerprint density at radius 2 is 1.79 bits per heavy atom. The number of para-hydroxylation sites is 1. The zero-order chi connectivity index (χ0) is 22.6. The highest BCUT2D eigenvalue weighted by molar-refractivity contribution is 7.98. The maximum absolute atomic E-state index is 13.2. The monoisotopic (exact) mass is 458 g/mol. The lowest BCUT2D eigenvalue weighted by Gasteiger charge is -2.11. The van der Waals surface area contributed by atoms with Crippen LogP contribution in [0.5, 0.6) is 0 Å². The summed E-state index contributed by atoms with van der Waals surface area (Å²) in [4.78, 5) is 17.7. The van der Waals surface area contributed by atoms with Crippen molar-refractivity contribution in [1.29, 1.82) is 0 Å². The molecule has 0 saturated carbocycles. The lowest BCUT2D eigenvalue weighted by molar-refractivity contribution is 0.594. The van der Waals surface area contributed by atoms with E-state index in [4.69, 9.17) is 0 Å². The zero-order valence-corrected chi connectivity index (χ0v) is 19.4. The smallest absolute Gasteiger partial charge is 0.262 e. The molecule has 0 N–H and O–H groups in total. The summed E-state index contributed by atoms with van der Waals surface area (Å²) in [7, 11) is 0. The van der Waals surface area contributed by atoms with Crippen LogP contribution in [0.3, 0.4) is 0 Å². The minimum atomic E-state index is -0.00319. The second-order valence-electron chi connectivity index (χ2n) is 8.04. The van der Waals surface area contributed by atoms with Crippen molar-refractivity contribution in [2.75, 3.05) is 0 Å². The SMILES string of the molecule is CCCCCn1c(=O)c2ccccc2n2c(SCc3nccn3Cc3ccccc3)nnc12. The lowest BCUT2D eigenvalue weighted by atomic mass is 10.2. The van der Waals surface area contributed by atoms with Crippen molar-refractivity contribution in [2.24, 2.45) is 0 Å². The Morgan fingerprint density at radius 3 is 2.64 bits per heavy atom. The van der Waals surface area contributed by atoms with E-state index in [1.165, 1.54) is 5.56 Å². The topological polar surface area (TPSA) is 70.0 Å². The Morgan fingerprint density at radius 1 is 0.970 bits per heavy atom. The standard InChI is InChI=1S/C25H26N6OS/c1-2-3-9-15-30-23(32)20-12-7-8-13-21(20)31-24(30)27-28-25(31)33-18-22-26-14-16-29(22)17-19-10-5-4-6-11-19/h4-8,10-14,16H,2-3,9,15,17-18H2,1H3. The van der Waals surface area contributed by atoms with Crippen molar-refractivity contribution in [3.8, 4) is 0 Å². The number of imidazole rings is 1. The number of benzene rings is 2. The van der Waals surface area contributed by atoms with E-state index in [1.54, 1.807) is 16.3 Å². The number of aryl methyl sites for hydroxylation is 1. The van der Waals surface area contributed by atoms with Crippen LogP contribution in [0.25, 0.3) is 16.7 Å². The van der Waals surface area contributed by atoms with Gasteiger partial charge < -0.3 is 4.57 Å². The van der Waals surface area contributed by atoms with Gasteiger partial charge in [-0.15, -0.1) is 10.2 Å². The Labute approximate surface area is 196 Å². The molecule has 0 bridgehead atoms. The molecule has 0 amide bonds. The molecule has 0 fully saturated rings. The van der Waals surface area contributed by atoms with E-state index in [2.05, 4.69) is 38.8 Å². The van der Waals surface area contributed by atoms with Gasteiger partial charge in [0.05, 0.1) is 16.7 Å². The summed E-state index contributed by atoms with van der Waals surface area (Å²) in [5.41, 5.74) is 2.07. The van der Waals surface area contributed by atoms with Crippen molar-refractivity contribution < 1.29 is 0 Å². The van der Waals surface area contributed by atoms with Gasteiger partial charge in [-0.25, -0.2) is 4.98 Å². The molecule has 5 aromatic rings. The van der Waals surface area contributed by atoms with Gasteiger partial charge in [-0.2, -0.15) is 0 Å². The van der Waals surface area contributed by atoms with Gasteiger partial charge in [-0.3, -0.25) is 13.8 Å². The van der Waals surface area contributed by atoms with Crippen LogP contribution in [0.1, 0.15) is 37.6 Å². The number of nitrogens with zero attached hydrogens (tertiary/aromatic N) is 6. The van der Waals surface area contributed by atoms with Crippen molar-refractivity contribution in [1.82, 2.24) is 28.7 Å². The van der Waals surface area contributed by atoms with E-state index >= 15 is 0 Å². The molecular weight excluding hydrogens is 432 g/mol. The molecule has 0 unspecified atom stereocenters. The van der Waals surface area contributed by atoms with Crippen LogP contribution < -0.4 is 5.56 Å². The number of fused-ring (bicyclic) bond motifs is 3. The molecule has 3 aromatic heterocycles. The number of aromatic nitrogens is 6. The first-order valence-corrected chi connectivity index (χ1v) is 12.3. The number of unbranched alkanes of at least 4 members (excludes halogenated alkanes) is 2. The molecule has 0 aliphatic rings. The second-order valence-corrected chi connectivity index (χ2v) is 8.99. The summed E-state index contributed by atoms with van der Waals surface area (Å²) in [6.45, 7) is 3.58. The van der Waals surface area contributed by atoms with E-state index in [9.17, 15) is 4.79 Å². The third-order valence-corrected chi connectivity index (χ3v) is 6.72. The molecule has 0 spiro atoms. The Balaban J connectivity index is 1.48. The number of hydrogen-bond donors (Lipinski definition) is 0. The third kappa shape index (κ3) is 4.30. The van der Waals surface area contributed by atoms with Gasteiger partial charge in [-0.05, 0) is 24.1 Å². The normalized spacial score (nSPS) is 11.5. The highest BCUT2D eigenvalue weighted by atomic mass is 32.2. The lowest BCUT2D eigenvalue weighted by Crippen LogP contribution is -2.23. The number of hydrogen-bond acceptors (Lipinski definition) is 5. The number of thioether (sulfide) groups is 1. The predicted octanol–water partition coefficient (Wildman–Crippen LogP) is 4.77. The van der Waals surface area contributed by atoms with Crippen molar-refractivity contribution >= 4 is 28.4 Å². The first kappa shape index (κ1) is 21.5. The average molecular weight is 459 g/mol. The van der Waals surface area contributed by atoms with E-state index in [0.717, 1.165) is 42.3 Å². The van der Waals surface area contributed by atoms with Crippen LogP contribution in [-0.2, 0) is 18.8 Å². The van der Waals surface area contributed by atoms with E-state index in [0.29, 0.717) is 23.5 Å². The van der Waals surface area contributed by atoms with Crippen molar-refractivity contribution in [3.05, 3.63) is 88.7 Å². The van der Waals surface area contributed by atoms with Gasteiger partial charge in [0.1, 0.15) is 5.82 Å². The third-order valence-electron chi connectivity index (χ3n) is 5.79. The van der Waals surface area contributed by atoms with E-state index < -0.39 is 0 Å². The van der Waals surface area contributed by atoms with E-state index in [-0.39, 0.29) is 5.56 Å². The maximum Gasteiger partial charge on any atom is 0.262 e. The summed E-state index contributed by atoms with van der Waals surface area (Å²) in [5, 5.41) is 10.3. The Kier molecular flexibility index (Phi) is 6.26. The summed E-state index contributed by atoms with van der Waals surface area (Å²) in [6.07, 6.45) is 6.96. The van der Waals surface area contributed by atoms with Crippen LogP contribution >= 0.6 is 11.8 Å². The minimum absolute atomic E-state index is 0.00319. The van der Waals surface area contributed by atoms with Crippen LogP contribution in [0, 0.1) is 0 Å². The molecule has 0 atom stereocenters. The van der Waals surface area contributed by atoms with Crippen molar-refractivity contribution in [2.45, 2.75) is 50.2 Å². The number of rotatable bonds is 9. The average Bonchev–Trinajstić information content (AvgIpc) is 3.47. The van der Waals surface area contributed by atoms with E-state index in [1.807, 2.05) is 59.3 Å². The fourth-order valence-electron chi connectivity index (χ4n) is 4.08. The fraction of sp³-hybridized carbons (Fsp3) is 0.280. The summed E-state index contributed by atoms with van der Waals surface area (Å²) in [6, 6.07) is 18.1. The summed E-state index contributed by atoms with van der Waals surface area (Å²) < 4.78 is 5.94. The van der Waals surface area contributed by atoms with Gasteiger partial charge in [0.25, 0.3) is 5.56 Å². The molecule has 0 radical (unpaired) electrons. The minimum Gasteiger partial charge on any atom is -0.330 e. The Hall–Kier alpha value is -3.39. The molecule has 0 aliphatic heterocycles. The highest BCUT2D eigenvalue weighted by Gasteiger charge is 2.17. The van der Waals surface area contributed by atoms with Crippen LogP contribution in [0.15, 0.2) is 76.9 Å². The van der Waals surface area contributed by atoms with Gasteiger partial charge in [-0.1, -0.05) is 74.0 Å². The molecule has 0 saturated heterocycles. The molecule has 3 heterocycles. The molecule has 8 heteroatoms. The molecule has 7 nitrogen and oxygen atoms in total. The van der Waals surface area contributed by atoms with Gasteiger partial charge in [0.2, 0.25) is 5.78 Å². The molecular formula is C25H26N6OS. The van der Waals surface area contributed by atoms with Crippen LogP contribution in [0.4, 0.5) is 0 Å². The van der Waals surface area contributed by atoms with Gasteiger partial charge in [0, 0.05) is 25.5 Å². The van der Waals surface area contributed by atoms with Gasteiger partial charge in [0.15, 0.2) is 5.16 Å². The predicted molar refractivity (Wildman–Crippen MR) is 132 cm³/mol.